The van der Waals surface area contributed by atoms with Crippen molar-refractivity contribution < 1.29 is 14.3 Å². The Balaban J connectivity index is 1.59. The Labute approximate surface area is 185 Å². The molecule has 0 heterocycles. The lowest BCUT2D eigenvalue weighted by Gasteiger charge is -2.41. The lowest BCUT2D eigenvalue weighted by molar-refractivity contribution is 0.242. The second kappa shape index (κ2) is 8.34. The third-order valence-electron chi connectivity index (χ3n) is 7.41. The van der Waals surface area contributed by atoms with Crippen LogP contribution in [-0.4, -0.2) is 24.8 Å². The van der Waals surface area contributed by atoms with Crippen molar-refractivity contribution in [3.05, 3.63) is 96.3 Å². The molecule has 0 unspecified atom stereocenters. The molecule has 0 aliphatic heterocycles. The molecule has 1 saturated carbocycles. The van der Waals surface area contributed by atoms with Crippen LogP contribution in [0.1, 0.15) is 38.7 Å². The normalized spacial score (nSPS) is 21.1. The van der Waals surface area contributed by atoms with E-state index < -0.39 is 8.32 Å². The zero-order chi connectivity index (χ0) is 22.1. The summed E-state index contributed by atoms with van der Waals surface area (Å²) in [5.41, 5.74) is 0.737. The van der Waals surface area contributed by atoms with E-state index in [2.05, 4.69) is 38.1 Å². The van der Waals surface area contributed by atoms with Crippen LogP contribution in [0, 0.1) is 11.7 Å². The fourth-order valence-electron chi connectivity index (χ4n) is 5.20. The number of hydrogen-bond donors (Lipinski definition) is 2. The second-order valence-electron chi connectivity index (χ2n) is 9.59. The number of hydrogen-bond acceptors (Lipinski definition) is 2. The first kappa shape index (κ1) is 21.9. The van der Waals surface area contributed by atoms with Crippen LogP contribution < -0.4 is 10.4 Å². The molecule has 0 spiro atoms. The third kappa shape index (κ3) is 3.89. The number of rotatable bonds is 8. The van der Waals surface area contributed by atoms with E-state index in [4.69, 9.17) is 0 Å². The molecule has 4 rings (SSSR count). The van der Waals surface area contributed by atoms with Crippen LogP contribution in [0.15, 0.2) is 84.9 Å². The van der Waals surface area contributed by atoms with Crippen molar-refractivity contribution in [2.24, 2.45) is 5.92 Å². The minimum Gasteiger partial charge on any atom is -0.424 e. The average molecular weight is 435 g/mol. The minimum absolute atomic E-state index is 0.0722. The van der Waals surface area contributed by atoms with Gasteiger partial charge in [-0.3, -0.25) is 0 Å². The maximum atomic E-state index is 13.4. The lowest BCUT2D eigenvalue weighted by atomic mass is 9.91. The summed E-state index contributed by atoms with van der Waals surface area (Å²) < 4.78 is 13.4. The van der Waals surface area contributed by atoms with E-state index in [-0.39, 0.29) is 22.9 Å². The molecule has 0 bridgehead atoms. The van der Waals surface area contributed by atoms with E-state index in [1.807, 2.05) is 36.4 Å². The monoisotopic (exact) mass is 434 g/mol. The van der Waals surface area contributed by atoms with Gasteiger partial charge in [-0.15, -0.1) is 0 Å². The summed E-state index contributed by atoms with van der Waals surface area (Å²) in [7, 11) is -3.02. The molecule has 3 aromatic carbocycles. The largest absolute Gasteiger partial charge is 0.424 e. The molecule has 0 amide bonds. The highest BCUT2D eigenvalue weighted by molar-refractivity contribution is 6.98. The molecule has 2 atom stereocenters. The fourth-order valence-corrected chi connectivity index (χ4v) is 8.95. The molecule has 1 fully saturated rings. The quantitative estimate of drug-likeness (QED) is 0.516. The van der Waals surface area contributed by atoms with Crippen molar-refractivity contribution >= 4 is 18.7 Å². The molecular weight excluding hydrogens is 403 g/mol. The van der Waals surface area contributed by atoms with Gasteiger partial charge in [0.15, 0.2) is 0 Å². The van der Waals surface area contributed by atoms with Gasteiger partial charge in [0.2, 0.25) is 0 Å². The second-order valence-corrected chi connectivity index (χ2v) is 13.5. The fraction of sp³-hybridized carbons (Fsp3) is 0.333. The Hall–Kier alpha value is -2.27. The third-order valence-corrected chi connectivity index (χ3v) is 12.0. The van der Waals surface area contributed by atoms with Crippen molar-refractivity contribution in [2.75, 3.05) is 6.61 Å². The lowest BCUT2D eigenvalue weighted by Crippen LogP contribution is -2.65. The van der Waals surface area contributed by atoms with Gasteiger partial charge in [0.1, 0.15) is 5.82 Å². The topological polar surface area (TPSA) is 40.5 Å². The summed E-state index contributed by atoms with van der Waals surface area (Å²) in [6.45, 7) is 4.43. The van der Waals surface area contributed by atoms with Crippen LogP contribution in [-0.2, 0) is 5.41 Å². The number of aliphatic hydroxyl groups is 1. The molecule has 0 saturated heterocycles. The first-order valence-electron chi connectivity index (χ1n) is 11.0. The van der Waals surface area contributed by atoms with Crippen molar-refractivity contribution in [1.82, 2.24) is 0 Å². The Morgan fingerprint density at radius 2 is 1.42 bits per heavy atom. The van der Waals surface area contributed by atoms with Gasteiger partial charge >= 0.3 is 0 Å². The molecule has 4 heteroatoms. The summed E-state index contributed by atoms with van der Waals surface area (Å²) in [5.74, 6) is 0.0870. The molecule has 162 valence electrons. The van der Waals surface area contributed by atoms with E-state index in [0.29, 0.717) is 5.92 Å². The van der Waals surface area contributed by atoms with E-state index in [1.165, 1.54) is 12.1 Å². The van der Waals surface area contributed by atoms with Crippen molar-refractivity contribution in [3.63, 3.8) is 0 Å². The van der Waals surface area contributed by atoms with Gasteiger partial charge < -0.3 is 9.90 Å². The molecule has 1 aliphatic carbocycles. The van der Waals surface area contributed by atoms with Crippen LogP contribution >= 0.6 is 0 Å². The van der Waals surface area contributed by atoms with E-state index >= 15 is 0 Å². The van der Waals surface area contributed by atoms with Gasteiger partial charge in [-0.2, -0.15) is 0 Å². The minimum atomic E-state index is -3.02. The van der Waals surface area contributed by atoms with Gasteiger partial charge in [-0.1, -0.05) is 86.6 Å². The highest BCUT2D eigenvalue weighted by Gasteiger charge is 2.56. The van der Waals surface area contributed by atoms with Gasteiger partial charge in [-0.05, 0) is 58.3 Å². The zero-order valence-electron chi connectivity index (χ0n) is 18.3. The summed E-state index contributed by atoms with van der Waals surface area (Å²) in [6.07, 6.45) is 2.68. The van der Waals surface area contributed by atoms with Crippen LogP contribution in [0.2, 0.25) is 5.04 Å². The Kier molecular flexibility index (Phi) is 5.90. The maximum absolute atomic E-state index is 13.4. The molecular formula is C27H31FO2Si. The van der Waals surface area contributed by atoms with Crippen LogP contribution in [0.25, 0.3) is 0 Å². The van der Waals surface area contributed by atoms with Crippen molar-refractivity contribution in [3.8, 4) is 0 Å². The van der Waals surface area contributed by atoms with Gasteiger partial charge in [-0.25, -0.2) is 4.39 Å². The Morgan fingerprint density at radius 1 is 0.903 bits per heavy atom. The smallest absolute Gasteiger partial charge is 0.258 e. The predicted octanol–water partition coefficient (Wildman–Crippen LogP) is 4.39. The van der Waals surface area contributed by atoms with Gasteiger partial charge in [0, 0.05) is 5.41 Å². The predicted molar refractivity (Wildman–Crippen MR) is 127 cm³/mol. The van der Waals surface area contributed by atoms with E-state index in [1.54, 1.807) is 12.1 Å². The van der Waals surface area contributed by atoms with Gasteiger partial charge in [0.25, 0.3) is 8.32 Å². The average Bonchev–Trinajstić information content (AvgIpc) is 3.53. The Bertz CT molecular complexity index is 965. The summed E-state index contributed by atoms with van der Waals surface area (Å²) in [4.78, 5) is 12.3. The number of benzene rings is 3. The molecule has 2 N–H and O–H groups in total. The first-order valence-corrected chi connectivity index (χ1v) is 13.0. The number of aliphatic hydroxyl groups excluding tert-OH is 1. The Morgan fingerprint density at radius 3 is 1.90 bits per heavy atom. The number of halogens is 1. The van der Waals surface area contributed by atoms with Crippen LogP contribution in [0.3, 0.4) is 0 Å². The highest BCUT2D eigenvalue weighted by atomic mass is 28.4. The molecule has 3 aromatic rings. The molecule has 2 nitrogen and oxygen atoms in total. The maximum Gasteiger partial charge on any atom is 0.258 e. The van der Waals surface area contributed by atoms with Crippen molar-refractivity contribution in [1.29, 1.82) is 0 Å². The van der Waals surface area contributed by atoms with Crippen LogP contribution in [0.4, 0.5) is 4.39 Å². The standard InChI is InChI=1S/C27H31FO2Si/c1-26(2,18-17-22-19-27(22,20-29)21-13-15-23(28)16-14-21)31(30,24-9-5-3-6-10-24)25-11-7-4-8-12-25/h3-16,22,29-30H,17-20H2,1-2H3/t22-,27-/m1/s1. The highest BCUT2D eigenvalue weighted by Crippen LogP contribution is 2.58. The van der Waals surface area contributed by atoms with E-state index in [0.717, 1.165) is 35.2 Å². The summed E-state index contributed by atoms with van der Waals surface area (Å²) in [5, 5.41) is 11.9. The van der Waals surface area contributed by atoms with Gasteiger partial charge in [0.05, 0.1) is 6.61 Å². The zero-order valence-corrected chi connectivity index (χ0v) is 19.3. The summed E-state index contributed by atoms with van der Waals surface area (Å²) in [6, 6.07) is 26.7. The van der Waals surface area contributed by atoms with E-state index in [9.17, 15) is 14.3 Å². The first-order chi connectivity index (χ1) is 14.8. The van der Waals surface area contributed by atoms with Crippen LogP contribution in [0.5, 0.6) is 0 Å². The molecule has 0 radical (unpaired) electrons. The molecule has 1 aliphatic rings. The van der Waals surface area contributed by atoms with Crippen molar-refractivity contribution in [2.45, 2.75) is 43.6 Å². The molecule has 0 aromatic heterocycles. The molecule has 31 heavy (non-hydrogen) atoms. The summed E-state index contributed by atoms with van der Waals surface area (Å²) >= 11 is 0. The SMILES string of the molecule is CC(C)(CC[C@@H]1C[C@@]1(CO)c1ccc(F)cc1)[Si](O)(c1ccccc1)c1ccccc1.